The Morgan fingerprint density at radius 1 is 0.925 bits per heavy atom. The summed E-state index contributed by atoms with van der Waals surface area (Å²) in [7, 11) is 2.09. The van der Waals surface area contributed by atoms with Gasteiger partial charge in [-0.15, -0.1) is 0 Å². The van der Waals surface area contributed by atoms with Crippen molar-refractivity contribution in [2.75, 3.05) is 20.4 Å². The van der Waals surface area contributed by atoms with Crippen molar-refractivity contribution in [3.8, 4) is 29.1 Å². The smallest absolute Gasteiger partial charge is 0.311 e. The first kappa shape index (κ1) is 38.9. The number of nitriles is 1. The summed E-state index contributed by atoms with van der Waals surface area (Å²) in [6.45, 7) is 6.29. The molecule has 0 aromatic heterocycles. The monoisotopic (exact) mass is 937 g/mol. The quantitative estimate of drug-likeness (QED) is 0.229. The van der Waals surface area contributed by atoms with E-state index in [1.807, 2.05) is 13.8 Å². The Kier molecular flexibility index (Phi) is 11.7. The fourth-order valence-electron chi connectivity index (χ4n) is 10.7. The van der Waals surface area contributed by atoms with Crippen molar-refractivity contribution in [1.29, 1.82) is 5.26 Å². The molecular weight excluding hydrogens is 883 g/mol. The van der Waals surface area contributed by atoms with Gasteiger partial charge in [0.25, 0.3) is 0 Å². The number of aromatic hydroxyl groups is 1. The Morgan fingerprint density at radius 2 is 1.58 bits per heavy atom. The SMILES string of the molecule is Cc1cc2c(c(OC(=O)CC3CCCCC3)c1C)[C@H]1C3Cc4c(O)c(C)c5c(c4[C@H](CNC(=O)CC4CCCCC4)N3[C@@H](C#N)[C@H](C2)N1C)OCO5.[Ac]. The van der Waals surface area contributed by atoms with E-state index in [4.69, 9.17) is 14.2 Å². The summed E-state index contributed by atoms with van der Waals surface area (Å²) in [5.41, 5.74) is 6.35. The zero-order valence-corrected chi connectivity index (χ0v) is 36.6. The molecule has 2 aliphatic carbocycles. The number of ether oxygens (including phenoxy) is 3. The first-order valence-corrected chi connectivity index (χ1v) is 19.8. The third-order valence-corrected chi connectivity index (χ3v) is 13.5. The number of benzene rings is 2. The van der Waals surface area contributed by atoms with E-state index in [9.17, 15) is 20.0 Å². The van der Waals surface area contributed by atoms with Crippen LogP contribution >= 0.6 is 0 Å². The number of hydrogen-bond donors (Lipinski definition) is 2. The predicted molar refractivity (Wildman–Crippen MR) is 195 cm³/mol. The van der Waals surface area contributed by atoms with Gasteiger partial charge in [0.05, 0.1) is 18.2 Å². The van der Waals surface area contributed by atoms with Crippen LogP contribution in [0.1, 0.15) is 128 Å². The van der Waals surface area contributed by atoms with Crippen LogP contribution in [-0.2, 0) is 22.4 Å². The summed E-state index contributed by atoms with van der Waals surface area (Å²) in [6, 6.07) is 3.34. The van der Waals surface area contributed by atoms with Crippen LogP contribution < -0.4 is 19.5 Å². The number of aryl methyl sites for hydroxylation is 1. The maximum atomic E-state index is 13.7. The van der Waals surface area contributed by atoms with Crippen molar-refractivity contribution < 1.29 is 73.0 Å². The van der Waals surface area contributed by atoms with Crippen LogP contribution in [0.2, 0.25) is 0 Å². The normalized spacial score (nSPS) is 26.7. The predicted octanol–water partition coefficient (Wildman–Crippen LogP) is 6.78. The second-order valence-electron chi connectivity index (χ2n) is 16.5. The van der Waals surface area contributed by atoms with Crippen LogP contribution in [0.5, 0.6) is 23.0 Å². The number of phenols is 1. The van der Waals surface area contributed by atoms with Crippen molar-refractivity contribution in [1.82, 2.24) is 15.1 Å². The Hall–Kier alpha value is -2.37. The largest absolute Gasteiger partial charge is 0.507 e. The zero-order valence-electron chi connectivity index (χ0n) is 31.8. The van der Waals surface area contributed by atoms with Gasteiger partial charge >= 0.3 is 5.97 Å². The minimum Gasteiger partial charge on any atom is -0.507 e. The molecule has 4 heterocycles. The van der Waals surface area contributed by atoms with Crippen LogP contribution in [0.25, 0.3) is 0 Å². The molecule has 8 rings (SSSR count). The number of rotatable bonds is 7. The van der Waals surface area contributed by atoms with Crippen molar-refractivity contribution in [3.05, 3.63) is 45.0 Å². The maximum Gasteiger partial charge on any atom is 0.311 e. The third kappa shape index (κ3) is 7.02. The number of carbonyl (C=O) groups excluding carboxylic acids is 2. The minimum atomic E-state index is -0.506. The van der Waals surface area contributed by atoms with E-state index in [1.54, 1.807) is 0 Å². The number of hydrogen-bond acceptors (Lipinski definition) is 9. The molecule has 53 heavy (non-hydrogen) atoms. The average Bonchev–Trinajstić information content (AvgIpc) is 3.63. The molecule has 4 aliphatic heterocycles. The molecule has 1 radical (unpaired) electrons. The number of piperazine rings is 1. The summed E-state index contributed by atoms with van der Waals surface area (Å²) in [5, 5.41) is 26.1. The minimum absolute atomic E-state index is 0. The van der Waals surface area contributed by atoms with Crippen LogP contribution in [-0.4, -0.2) is 65.3 Å². The summed E-state index contributed by atoms with van der Waals surface area (Å²) in [4.78, 5) is 31.8. The van der Waals surface area contributed by atoms with E-state index in [-0.39, 0.29) is 93.2 Å². The fourth-order valence-corrected chi connectivity index (χ4v) is 10.7. The average molecular weight is 938 g/mol. The van der Waals surface area contributed by atoms with Crippen molar-refractivity contribution in [3.63, 3.8) is 0 Å². The number of fused-ring (bicyclic) bond motifs is 9. The second-order valence-corrected chi connectivity index (χ2v) is 16.5. The first-order valence-electron chi connectivity index (χ1n) is 19.8. The molecule has 1 saturated heterocycles. The number of esters is 1. The van der Waals surface area contributed by atoms with Gasteiger partial charge in [0, 0.05) is 97.8 Å². The third-order valence-electron chi connectivity index (χ3n) is 13.5. The molecule has 10 nitrogen and oxygen atoms in total. The van der Waals surface area contributed by atoms with Crippen LogP contribution in [0.3, 0.4) is 0 Å². The first-order chi connectivity index (χ1) is 25.2. The number of phenolic OH excluding ortho intramolecular Hbond substituents is 1. The van der Waals surface area contributed by atoms with E-state index in [0.717, 1.165) is 59.1 Å². The van der Waals surface area contributed by atoms with E-state index < -0.39 is 12.1 Å². The fraction of sp³-hybridized carbons (Fsp3) is 0.643. The molecule has 2 bridgehead atoms. The number of likely N-dealkylation sites (N-methyl/N-ethyl adjacent to an activating group) is 1. The van der Waals surface area contributed by atoms with E-state index >= 15 is 0 Å². The molecule has 3 fully saturated rings. The molecule has 281 valence electrons. The van der Waals surface area contributed by atoms with Crippen molar-refractivity contribution in [2.45, 2.75) is 141 Å². The molecule has 5 atom stereocenters. The topological polar surface area (TPSA) is 124 Å². The van der Waals surface area contributed by atoms with Gasteiger partial charge in [0.1, 0.15) is 17.5 Å². The molecule has 1 amide bonds. The molecule has 11 heteroatoms. The second kappa shape index (κ2) is 16.0. The Bertz CT molecular complexity index is 1800. The molecular formula is C42H54AcN4O6. The zero-order chi connectivity index (χ0) is 36.3. The van der Waals surface area contributed by atoms with E-state index in [2.05, 4.69) is 41.2 Å². The molecule has 0 spiro atoms. The summed E-state index contributed by atoms with van der Waals surface area (Å²) < 4.78 is 18.5. The van der Waals surface area contributed by atoms with Gasteiger partial charge in [0.15, 0.2) is 11.5 Å². The Balaban J connectivity index is 0.00000435. The van der Waals surface area contributed by atoms with Gasteiger partial charge < -0.3 is 24.6 Å². The van der Waals surface area contributed by atoms with Crippen LogP contribution in [0.15, 0.2) is 6.07 Å². The number of carbonyl (C=O) groups is 2. The van der Waals surface area contributed by atoms with Gasteiger partial charge in [-0.05, 0) is 94.9 Å². The van der Waals surface area contributed by atoms with Crippen molar-refractivity contribution >= 4 is 11.9 Å². The molecule has 1 unspecified atom stereocenters. The number of nitrogens with one attached hydrogen (secondary N) is 1. The summed E-state index contributed by atoms with van der Waals surface area (Å²) >= 11 is 0. The number of amides is 1. The molecule has 2 aromatic rings. The van der Waals surface area contributed by atoms with E-state index in [0.29, 0.717) is 60.3 Å². The summed E-state index contributed by atoms with van der Waals surface area (Å²) in [5.74, 6) is 2.54. The molecule has 2 saturated carbocycles. The summed E-state index contributed by atoms with van der Waals surface area (Å²) in [6.07, 6.45) is 13.4. The van der Waals surface area contributed by atoms with Crippen LogP contribution in [0.4, 0.5) is 0 Å². The van der Waals surface area contributed by atoms with Gasteiger partial charge in [-0.2, -0.15) is 5.26 Å². The molecule has 2 aromatic carbocycles. The molecule has 2 N–H and O–H groups in total. The Labute approximate surface area is 349 Å². The maximum absolute atomic E-state index is 13.7. The Morgan fingerprint density at radius 3 is 2.26 bits per heavy atom. The van der Waals surface area contributed by atoms with Crippen molar-refractivity contribution in [2.24, 2.45) is 11.8 Å². The van der Waals surface area contributed by atoms with Gasteiger partial charge in [0.2, 0.25) is 12.7 Å². The van der Waals surface area contributed by atoms with Gasteiger partial charge in [-0.1, -0.05) is 44.6 Å². The van der Waals surface area contributed by atoms with Crippen LogP contribution in [0, 0.1) is 88.0 Å². The van der Waals surface area contributed by atoms with Gasteiger partial charge in [-0.3, -0.25) is 19.4 Å². The molecule has 6 aliphatic rings. The van der Waals surface area contributed by atoms with E-state index in [1.165, 1.54) is 38.5 Å². The van der Waals surface area contributed by atoms with Gasteiger partial charge in [-0.25, -0.2) is 0 Å². The number of nitrogens with zero attached hydrogens (tertiary/aromatic N) is 3. The standard InChI is InChI=1S/C42H54N4O6.Ac/c1-23-15-28-18-30-32(20-43)46-31(38(45(30)4)36(28)40(24(23)2)52-35(48)17-27-13-9-6-10-14-27)19-29-37(42-41(50-22-51-42)25(3)39(29)49)33(46)21-44-34(47)16-26-11-7-5-8-12-26;/h15,26-27,30-33,38,49H,5-14,16-19,21-22H2,1-4H3,(H,44,47);/t30-,31?,32-,33-,38+;/m0./s1.